The van der Waals surface area contributed by atoms with Gasteiger partial charge in [-0.3, -0.25) is 23.4 Å². The second-order valence-corrected chi connectivity index (χ2v) is 15.0. The number of phosphoric ester groups is 1. The van der Waals surface area contributed by atoms with Crippen molar-refractivity contribution in [2.24, 2.45) is 5.73 Å². The van der Waals surface area contributed by atoms with Crippen LogP contribution in [0, 0.1) is 0 Å². The van der Waals surface area contributed by atoms with E-state index in [-0.39, 0.29) is 19.4 Å². The Morgan fingerprint density at radius 1 is 0.582 bits per heavy atom. The molecule has 0 fully saturated rings. The third kappa shape index (κ3) is 37.6. The maximum absolute atomic E-state index is 12.5. The van der Waals surface area contributed by atoms with E-state index in [1.165, 1.54) is 57.8 Å². The number of carbonyl (C=O) groups excluding carboxylic acids is 2. The van der Waals surface area contributed by atoms with Crippen LogP contribution in [0.25, 0.3) is 0 Å². The van der Waals surface area contributed by atoms with Crippen molar-refractivity contribution in [3.05, 3.63) is 72.9 Å². The molecule has 0 aromatic rings. The van der Waals surface area contributed by atoms with Gasteiger partial charge in [-0.15, -0.1) is 0 Å². The van der Waals surface area contributed by atoms with E-state index < -0.39 is 51.1 Å². The minimum absolute atomic E-state index is 0.0458. The van der Waals surface area contributed by atoms with Crippen LogP contribution in [-0.2, 0) is 37.5 Å². The Kier molecular flexibility index (Phi) is 35.7. The van der Waals surface area contributed by atoms with Crippen LogP contribution < -0.4 is 5.73 Å². The quantitative estimate of drug-likeness (QED) is 0.0180. The molecule has 0 saturated heterocycles. The SMILES string of the molecule is CCCCC/C=C/C=C/C=C/C=C/CCCCCCCC(=O)OCC(COP(=O)(O)OC[C@@H](N)C(=O)O)OC(=O)CC/C=C/C/C=C/CCCCCCCC. The summed E-state index contributed by atoms with van der Waals surface area (Å²) in [5.74, 6) is -2.50. The van der Waals surface area contributed by atoms with E-state index in [4.69, 9.17) is 24.8 Å². The second-order valence-electron chi connectivity index (χ2n) is 13.5. The molecule has 0 aliphatic heterocycles. The molecule has 0 spiro atoms. The van der Waals surface area contributed by atoms with Crippen LogP contribution in [0.3, 0.4) is 0 Å². The molecule has 0 heterocycles. The number of allylic oxidation sites excluding steroid dienone is 12. The monoisotopic (exact) mass is 793 g/mol. The number of aliphatic carboxylic acids is 1. The number of esters is 2. The minimum atomic E-state index is -4.74. The molecule has 0 aromatic carbocycles. The number of carboxylic acids is 1. The Balaban J connectivity index is 4.53. The molecule has 55 heavy (non-hydrogen) atoms. The molecule has 4 N–H and O–H groups in total. The zero-order chi connectivity index (χ0) is 40.7. The summed E-state index contributed by atoms with van der Waals surface area (Å²) >= 11 is 0. The lowest BCUT2D eigenvalue weighted by Gasteiger charge is -2.20. The molecule has 0 saturated carbocycles. The summed E-state index contributed by atoms with van der Waals surface area (Å²) in [6, 6.07) is -1.54. The standard InChI is InChI=1S/C43H72NO10P/c1-3-5-7-9-11-13-15-17-18-19-20-21-23-24-26-28-30-32-34-41(45)51-36-39(37-52-55(49,50)53-38-40(44)43(47)48)54-42(46)35-33-31-29-27-25-22-16-14-12-10-8-6-4-2/h11,13,15,17-22,25,29,31,39-40H,3-10,12,14,16,23-24,26-28,30,32-38,44H2,1-2H3,(H,47,48)(H,49,50)/b13-11+,17-15+,19-18+,21-20+,25-22+,31-29+/t39?,40-/m1/s1. The van der Waals surface area contributed by atoms with Gasteiger partial charge in [0.1, 0.15) is 12.6 Å². The predicted octanol–water partition coefficient (Wildman–Crippen LogP) is 10.6. The van der Waals surface area contributed by atoms with Crippen molar-refractivity contribution in [1.82, 2.24) is 0 Å². The lowest BCUT2D eigenvalue weighted by atomic mass is 10.1. The van der Waals surface area contributed by atoms with Crippen molar-refractivity contribution in [2.75, 3.05) is 19.8 Å². The van der Waals surface area contributed by atoms with Gasteiger partial charge in [0.15, 0.2) is 6.10 Å². The van der Waals surface area contributed by atoms with E-state index in [0.29, 0.717) is 12.8 Å². The van der Waals surface area contributed by atoms with Gasteiger partial charge >= 0.3 is 25.7 Å². The van der Waals surface area contributed by atoms with Gasteiger partial charge in [-0.2, -0.15) is 0 Å². The van der Waals surface area contributed by atoms with Gasteiger partial charge in [-0.05, 0) is 57.8 Å². The average Bonchev–Trinajstić information content (AvgIpc) is 3.16. The fourth-order valence-electron chi connectivity index (χ4n) is 5.01. The minimum Gasteiger partial charge on any atom is -0.480 e. The molecule has 0 amide bonds. The van der Waals surface area contributed by atoms with Crippen molar-refractivity contribution in [2.45, 2.75) is 161 Å². The summed E-state index contributed by atoms with van der Waals surface area (Å²) in [5.41, 5.74) is 5.32. The summed E-state index contributed by atoms with van der Waals surface area (Å²) in [6.45, 7) is 2.65. The third-order valence-corrected chi connectivity index (χ3v) is 9.24. The number of nitrogens with two attached hydrogens (primary N) is 1. The predicted molar refractivity (Wildman–Crippen MR) is 221 cm³/mol. The Bertz CT molecular complexity index is 1210. The van der Waals surface area contributed by atoms with E-state index in [1.54, 1.807) is 0 Å². The van der Waals surface area contributed by atoms with Crippen LogP contribution in [0.5, 0.6) is 0 Å². The van der Waals surface area contributed by atoms with Gasteiger partial charge in [0.25, 0.3) is 0 Å². The number of hydrogen-bond acceptors (Lipinski definition) is 9. The molecule has 2 unspecified atom stereocenters. The van der Waals surface area contributed by atoms with Gasteiger partial charge in [0, 0.05) is 12.8 Å². The van der Waals surface area contributed by atoms with Crippen molar-refractivity contribution in [3.63, 3.8) is 0 Å². The molecule has 0 aliphatic carbocycles. The van der Waals surface area contributed by atoms with E-state index in [0.717, 1.165) is 51.4 Å². The first-order valence-electron chi connectivity index (χ1n) is 20.5. The lowest BCUT2D eigenvalue weighted by Crippen LogP contribution is -2.34. The maximum atomic E-state index is 12.5. The molecule has 3 atom stereocenters. The van der Waals surface area contributed by atoms with Crippen molar-refractivity contribution >= 4 is 25.7 Å². The molecule has 0 bridgehead atoms. The van der Waals surface area contributed by atoms with E-state index >= 15 is 0 Å². The Morgan fingerprint density at radius 3 is 1.69 bits per heavy atom. The zero-order valence-electron chi connectivity index (χ0n) is 33.7. The second kappa shape index (κ2) is 37.8. The summed E-state index contributed by atoms with van der Waals surface area (Å²) in [7, 11) is -4.74. The first-order chi connectivity index (χ1) is 26.6. The highest BCUT2D eigenvalue weighted by Gasteiger charge is 2.28. The Morgan fingerprint density at radius 2 is 1.07 bits per heavy atom. The highest BCUT2D eigenvalue weighted by atomic mass is 31.2. The van der Waals surface area contributed by atoms with E-state index in [1.807, 2.05) is 36.5 Å². The first kappa shape index (κ1) is 51.9. The smallest absolute Gasteiger partial charge is 0.472 e. The van der Waals surface area contributed by atoms with E-state index in [2.05, 4.69) is 54.8 Å². The normalized spacial score (nSPS) is 14.5. The van der Waals surface area contributed by atoms with Gasteiger partial charge in [-0.25, -0.2) is 4.57 Å². The zero-order valence-corrected chi connectivity index (χ0v) is 34.6. The third-order valence-electron chi connectivity index (χ3n) is 8.29. The van der Waals surface area contributed by atoms with Crippen LogP contribution in [0.15, 0.2) is 72.9 Å². The molecule has 0 rings (SSSR count). The highest BCUT2D eigenvalue weighted by molar-refractivity contribution is 7.47. The molecular weight excluding hydrogens is 721 g/mol. The molecule has 0 aromatic heterocycles. The largest absolute Gasteiger partial charge is 0.480 e. The Labute approximate surface area is 331 Å². The number of ether oxygens (including phenoxy) is 2. The molecule has 0 aliphatic rings. The maximum Gasteiger partial charge on any atom is 0.472 e. The van der Waals surface area contributed by atoms with Crippen molar-refractivity contribution < 1.29 is 47.5 Å². The lowest BCUT2D eigenvalue weighted by molar-refractivity contribution is -0.161. The topological polar surface area (TPSA) is 172 Å². The molecule has 12 heteroatoms. The van der Waals surface area contributed by atoms with E-state index in [9.17, 15) is 23.8 Å². The highest BCUT2D eigenvalue weighted by Crippen LogP contribution is 2.43. The summed E-state index contributed by atoms with van der Waals surface area (Å²) in [5, 5.41) is 8.87. The average molecular weight is 794 g/mol. The number of carboxylic acid groups (broad SMARTS) is 1. The fourth-order valence-corrected chi connectivity index (χ4v) is 5.79. The Hall–Kier alpha value is -3.08. The van der Waals surface area contributed by atoms with Crippen LogP contribution in [-0.4, -0.2) is 59.9 Å². The summed E-state index contributed by atoms with van der Waals surface area (Å²) in [4.78, 5) is 45.8. The number of phosphoric acid groups is 1. The first-order valence-corrected chi connectivity index (χ1v) is 22.0. The molecule has 11 nitrogen and oxygen atoms in total. The number of carbonyl (C=O) groups is 3. The van der Waals surface area contributed by atoms with Crippen LogP contribution in [0.2, 0.25) is 0 Å². The van der Waals surface area contributed by atoms with Crippen molar-refractivity contribution in [1.29, 1.82) is 0 Å². The summed E-state index contributed by atoms with van der Waals surface area (Å²) < 4.78 is 32.5. The van der Waals surface area contributed by atoms with Crippen LogP contribution in [0.1, 0.15) is 149 Å². The fraction of sp³-hybridized carbons (Fsp3) is 0.651. The number of hydrogen-bond donors (Lipinski definition) is 3. The number of unbranched alkanes of at least 4 members (excludes halogenated alkanes) is 14. The molecular formula is C43H72NO10P. The molecule has 314 valence electrons. The van der Waals surface area contributed by atoms with Crippen LogP contribution >= 0.6 is 7.82 Å². The van der Waals surface area contributed by atoms with Gasteiger partial charge in [0.2, 0.25) is 0 Å². The number of rotatable bonds is 37. The van der Waals surface area contributed by atoms with Crippen LogP contribution in [0.4, 0.5) is 0 Å². The van der Waals surface area contributed by atoms with Crippen molar-refractivity contribution in [3.8, 4) is 0 Å². The summed E-state index contributed by atoms with van der Waals surface area (Å²) in [6.07, 6.45) is 44.1. The van der Waals surface area contributed by atoms with Gasteiger partial charge in [0.05, 0.1) is 13.2 Å². The molecule has 0 radical (unpaired) electrons. The van der Waals surface area contributed by atoms with Gasteiger partial charge < -0.3 is 25.2 Å². The van der Waals surface area contributed by atoms with Gasteiger partial charge in [-0.1, -0.05) is 151 Å².